The van der Waals surface area contributed by atoms with Crippen molar-refractivity contribution in [1.82, 2.24) is 14.3 Å². The van der Waals surface area contributed by atoms with Crippen LogP contribution in [0.25, 0.3) is 21.5 Å². The van der Waals surface area contributed by atoms with Gasteiger partial charge in [0.15, 0.2) is 0 Å². The first-order chi connectivity index (χ1) is 8.65. The van der Waals surface area contributed by atoms with E-state index in [0.29, 0.717) is 5.69 Å². The summed E-state index contributed by atoms with van der Waals surface area (Å²) in [6.45, 7) is 1.94. The van der Waals surface area contributed by atoms with Crippen molar-refractivity contribution in [3.05, 3.63) is 30.0 Å². The molecule has 2 aromatic heterocycles. The van der Waals surface area contributed by atoms with Gasteiger partial charge in [-0.3, -0.25) is 0 Å². The highest BCUT2D eigenvalue weighted by atomic mass is 32.1. The summed E-state index contributed by atoms with van der Waals surface area (Å²) < 4.78 is 4.26. The van der Waals surface area contributed by atoms with Gasteiger partial charge in [-0.15, -0.1) is 0 Å². The molecule has 5 nitrogen and oxygen atoms in total. The molecule has 90 valence electrons. The van der Waals surface area contributed by atoms with Gasteiger partial charge in [-0.1, -0.05) is 6.07 Å². The minimum Gasteiger partial charge on any atom is -0.398 e. The van der Waals surface area contributed by atoms with Gasteiger partial charge >= 0.3 is 0 Å². The van der Waals surface area contributed by atoms with Crippen molar-refractivity contribution in [3.8, 4) is 10.6 Å². The van der Waals surface area contributed by atoms with Crippen LogP contribution in [-0.4, -0.2) is 14.3 Å². The van der Waals surface area contributed by atoms with Crippen molar-refractivity contribution in [2.75, 3.05) is 11.5 Å². The third-order valence-corrected chi connectivity index (χ3v) is 3.52. The zero-order chi connectivity index (χ0) is 12.7. The normalized spacial score (nSPS) is 10.9. The molecule has 3 rings (SSSR count). The maximum Gasteiger partial charge on any atom is 0.221 e. The Labute approximate surface area is 108 Å². The topological polar surface area (TPSA) is 90.7 Å². The smallest absolute Gasteiger partial charge is 0.221 e. The molecule has 6 heteroatoms. The van der Waals surface area contributed by atoms with Crippen LogP contribution in [0.4, 0.5) is 11.6 Å². The fourth-order valence-electron chi connectivity index (χ4n) is 1.88. The molecule has 0 unspecified atom stereocenters. The Hall–Kier alpha value is -2.21. The Balaban J connectivity index is 2.40. The molecule has 3 aromatic rings. The molecule has 0 aliphatic carbocycles. The average Bonchev–Trinajstić information content (AvgIpc) is 2.75. The molecule has 0 bridgehead atoms. The van der Waals surface area contributed by atoms with E-state index in [2.05, 4.69) is 14.3 Å². The second kappa shape index (κ2) is 3.92. The van der Waals surface area contributed by atoms with Crippen LogP contribution in [0.2, 0.25) is 0 Å². The zero-order valence-electron chi connectivity index (χ0n) is 9.71. The van der Waals surface area contributed by atoms with Gasteiger partial charge in [0.25, 0.3) is 0 Å². The van der Waals surface area contributed by atoms with Crippen molar-refractivity contribution in [2.45, 2.75) is 6.92 Å². The summed E-state index contributed by atoms with van der Waals surface area (Å²) in [6, 6.07) is 7.53. The summed E-state index contributed by atoms with van der Waals surface area (Å²) in [7, 11) is 0. The van der Waals surface area contributed by atoms with E-state index in [9.17, 15) is 0 Å². The molecule has 0 spiro atoms. The molecule has 18 heavy (non-hydrogen) atoms. The average molecular weight is 257 g/mol. The minimum absolute atomic E-state index is 0.245. The summed E-state index contributed by atoms with van der Waals surface area (Å²) in [5.41, 5.74) is 14.9. The third kappa shape index (κ3) is 1.67. The number of hydrogen-bond donors (Lipinski definition) is 2. The third-order valence-electron chi connectivity index (χ3n) is 2.63. The number of nitrogens with zero attached hydrogens (tertiary/aromatic N) is 3. The van der Waals surface area contributed by atoms with E-state index < -0.39 is 0 Å². The number of benzene rings is 1. The largest absolute Gasteiger partial charge is 0.398 e. The lowest BCUT2D eigenvalue weighted by Gasteiger charge is -2.06. The van der Waals surface area contributed by atoms with Crippen molar-refractivity contribution >= 4 is 34.1 Å². The quantitative estimate of drug-likeness (QED) is 0.652. The summed E-state index contributed by atoms with van der Waals surface area (Å²) in [4.78, 5) is 9.45. The second-order valence-electron chi connectivity index (χ2n) is 4.00. The van der Waals surface area contributed by atoms with Crippen LogP contribution in [0.1, 0.15) is 5.69 Å². The standard InChI is InChI=1S/C12H11N5S/c1-6-5-9(18-17-6)11-10-7(13)3-2-4-8(10)15-12(14)16-11/h2-5H,13H2,1H3,(H2,14,15,16). The van der Waals surface area contributed by atoms with Crippen LogP contribution in [0.3, 0.4) is 0 Å². The monoisotopic (exact) mass is 257 g/mol. The van der Waals surface area contributed by atoms with Crippen molar-refractivity contribution in [3.63, 3.8) is 0 Å². The molecule has 0 aliphatic rings. The zero-order valence-corrected chi connectivity index (χ0v) is 10.5. The molecule has 0 saturated heterocycles. The van der Waals surface area contributed by atoms with Crippen molar-refractivity contribution < 1.29 is 0 Å². The lowest BCUT2D eigenvalue weighted by Crippen LogP contribution is -1.99. The van der Waals surface area contributed by atoms with Crippen LogP contribution in [-0.2, 0) is 0 Å². The maximum absolute atomic E-state index is 6.01. The van der Waals surface area contributed by atoms with E-state index in [0.717, 1.165) is 27.2 Å². The molecule has 4 N–H and O–H groups in total. The van der Waals surface area contributed by atoms with E-state index in [-0.39, 0.29) is 5.95 Å². The number of hydrogen-bond acceptors (Lipinski definition) is 6. The molecule has 1 aromatic carbocycles. The number of nitrogen functional groups attached to an aromatic ring is 2. The van der Waals surface area contributed by atoms with Gasteiger partial charge in [0.1, 0.15) is 0 Å². The Bertz CT molecular complexity index is 734. The predicted octanol–water partition coefficient (Wildman–Crippen LogP) is 2.23. The first-order valence-electron chi connectivity index (χ1n) is 5.40. The van der Waals surface area contributed by atoms with Crippen molar-refractivity contribution in [2.24, 2.45) is 0 Å². The summed E-state index contributed by atoms with van der Waals surface area (Å²) in [5.74, 6) is 0.245. The number of fused-ring (bicyclic) bond motifs is 1. The van der Waals surface area contributed by atoms with Gasteiger partial charge in [-0.25, -0.2) is 9.97 Å². The van der Waals surface area contributed by atoms with Gasteiger partial charge < -0.3 is 11.5 Å². The Morgan fingerprint density at radius 2 is 2.00 bits per heavy atom. The first kappa shape index (κ1) is 10.9. The number of aromatic nitrogens is 3. The van der Waals surface area contributed by atoms with Gasteiger partial charge in [0.2, 0.25) is 5.95 Å². The number of rotatable bonds is 1. The van der Waals surface area contributed by atoms with Gasteiger partial charge in [0.05, 0.1) is 27.2 Å². The maximum atomic E-state index is 6.01. The van der Waals surface area contributed by atoms with E-state index in [1.54, 1.807) is 0 Å². The fourth-order valence-corrected chi connectivity index (χ4v) is 2.63. The molecule has 0 atom stereocenters. The van der Waals surface area contributed by atoms with Crippen molar-refractivity contribution in [1.29, 1.82) is 0 Å². The van der Waals surface area contributed by atoms with Gasteiger partial charge in [-0.2, -0.15) is 4.37 Å². The van der Waals surface area contributed by atoms with E-state index in [1.165, 1.54) is 11.5 Å². The number of nitrogens with two attached hydrogens (primary N) is 2. The second-order valence-corrected chi connectivity index (χ2v) is 4.81. The van der Waals surface area contributed by atoms with E-state index >= 15 is 0 Å². The SMILES string of the molecule is Cc1cc(-c2nc(N)nc3cccc(N)c23)sn1. The van der Waals surface area contributed by atoms with Gasteiger partial charge in [-0.05, 0) is 36.7 Å². The lowest BCUT2D eigenvalue weighted by atomic mass is 10.1. The molecular formula is C12H11N5S. The summed E-state index contributed by atoms with van der Waals surface area (Å²) in [5, 5.41) is 0.829. The van der Waals surface area contributed by atoms with Gasteiger partial charge in [0, 0.05) is 5.69 Å². The molecule has 2 heterocycles. The Morgan fingerprint density at radius 3 is 2.72 bits per heavy atom. The van der Waals surface area contributed by atoms with E-state index in [1.807, 2.05) is 31.2 Å². The molecule has 0 amide bonds. The van der Waals surface area contributed by atoms with Crippen LogP contribution < -0.4 is 11.5 Å². The molecule has 0 aliphatic heterocycles. The molecule has 0 fully saturated rings. The number of aryl methyl sites for hydroxylation is 1. The molecular weight excluding hydrogens is 246 g/mol. The highest BCUT2D eigenvalue weighted by Crippen LogP contribution is 2.33. The summed E-state index contributed by atoms with van der Waals surface area (Å²) >= 11 is 1.38. The lowest BCUT2D eigenvalue weighted by molar-refractivity contribution is 1.24. The summed E-state index contributed by atoms with van der Waals surface area (Å²) in [6.07, 6.45) is 0. The Morgan fingerprint density at radius 1 is 1.17 bits per heavy atom. The fraction of sp³-hybridized carbons (Fsp3) is 0.0833. The highest BCUT2D eigenvalue weighted by Gasteiger charge is 2.13. The highest BCUT2D eigenvalue weighted by molar-refractivity contribution is 7.09. The van der Waals surface area contributed by atoms with Crippen LogP contribution in [0.15, 0.2) is 24.3 Å². The van der Waals surface area contributed by atoms with E-state index in [4.69, 9.17) is 11.5 Å². The predicted molar refractivity (Wildman–Crippen MR) is 74.2 cm³/mol. The van der Waals surface area contributed by atoms with Crippen LogP contribution >= 0.6 is 11.5 Å². The Kier molecular flexibility index (Phi) is 2.38. The molecule has 0 radical (unpaired) electrons. The minimum atomic E-state index is 0.245. The molecule has 0 saturated carbocycles. The van der Waals surface area contributed by atoms with Crippen LogP contribution in [0.5, 0.6) is 0 Å². The van der Waals surface area contributed by atoms with Crippen LogP contribution in [0, 0.1) is 6.92 Å². The number of anilines is 2. The first-order valence-corrected chi connectivity index (χ1v) is 6.18.